The van der Waals surface area contributed by atoms with Crippen LogP contribution in [0.2, 0.25) is 0 Å². The minimum absolute atomic E-state index is 0.0286. The highest BCUT2D eigenvalue weighted by atomic mass is 32.2. The van der Waals surface area contributed by atoms with Crippen LogP contribution in [0.5, 0.6) is 11.6 Å². The molecule has 1 fully saturated rings. The number of carbonyl (C=O) groups is 2. The number of para-hydroxylation sites is 1. The van der Waals surface area contributed by atoms with E-state index in [1.165, 1.54) is 10.5 Å². The van der Waals surface area contributed by atoms with Gasteiger partial charge >= 0.3 is 5.97 Å². The standard InChI is InChI=1S/C20H13N3O5S2/c24-16(25)11-23-19(27)14(30-20(23)29)10-13-17(28-12-6-2-1-3-7-12)21-15-8-4-5-9-22(15)18(13)26/h1-10H,11H2,(H,24,25). The van der Waals surface area contributed by atoms with Crippen molar-refractivity contribution in [3.63, 3.8) is 0 Å². The normalized spacial score (nSPS) is 15.2. The molecule has 1 saturated heterocycles. The number of ether oxygens (including phenoxy) is 1. The van der Waals surface area contributed by atoms with Crippen LogP contribution in [0, 0.1) is 0 Å². The van der Waals surface area contributed by atoms with Crippen molar-refractivity contribution >= 4 is 51.9 Å². The SMILES string of the molecule is O=C(O)CN1C(=O)C(=Cc2c(Oc3ccccc3)nc3ccccn3c2=O)SC1=S. The van der Waals surface area contributed by atoms with Gasteiger partial charge in [-0.1, -0.05) is 48.2 Å². The van der Waals surface area contributed by atoms with Crippen LogP contribution in [0.4, 0.5) is 0 Å². The summed E-state index contributed by atoms with van der Waals surface area (Å²) in [6.07, 6.45) is 2.90. The Hall–Kier alpha value is -3.50. The molecular formula is C20H13N3O5S2. The molecular weight excluding hydrogens is 426 g/mol. The van der Waals surface area contributed by atoms with Gasteiger partial charge in [-0.3, -0.25) is 23.7 Å². The molecule has 8 nitrogen and oxygen atoms in total. The lowest BCUT2D eigenvalue weighted by atomic mass is 10.2. The first-order chi connectivity index (χ1) is 14.4. The van der Waals surface area contributed by atoms with Crippen molar-refractivity contribution in [2.24, 2.45) is 0 Å². The first kappa shape index (κ1) is 19.8. The second-order valence-corrected chi connectivity index (χ2v) is 7.82. The van der Waals surface area contributed by atoms with Gasteiger partial charge < -0.3 is 9.84 Å². The van der Waals surface area contributed by atoms with Gasteiger partial charge in [0.2, 0.25) is 5.88 Å². The van der Waals surface area contributed by atoms with Crippen LogP contribution in [-0.4, -0.2) is 42.1 Å². The Labute approximate surface area is 179 Å². The molecule has 3 aromatic rings. The molecule has 30 heavy (non-hydrogen) atoms. The second kappa shape index (κ2) is 8.09. The molecule has 0 spiro atoms. The fourth-order valence-electron chi connectivity index (χ4n) is 2.79. The summed E-state index contributed by atoms with van der Waals surface area (Å²) in [4.78, 5) is 42.2. The molecule has 0 radical (unpaired) electrons. The van der Waals surface area contributed by atoms with E-state index in [1.54, 1.807) is 48.7 Å². The van der Waals surface area contributed by atoms with Crippen LogP contribution in [0.3, 0.4) is 0 Å². The highest BCUT2D eigenvalue weighted by Gasteiger charge is 2.34. The van der Waals surface area contributed by atoms with Crippen molar-refractivity contribution in [1.29, 1.82) is 0 Å². The molecule has 1 amide bonds. The fourth-order valence-corrected chi connectivity index (χ4v) is 4.02. The number of thioether (sulfide) groups is 1. The van der Waals surface area contributed by atoms with Crippen molar-refractivity contribution in [1.82, 2.24) is 14.3 Å². The maximum atomic E-state index is 13.1. The number of rotatable bonds is 5. The molecule has 3 heterocycles. The van der Waals surface area contributed by atoms with Gasteiger partial charge in [0.25, 0.3) is 11.5 Å². The Morgan fingerprint density at radius 1 is 1.17 bits per heavy atom. The van der Waals surface area contributed by atoms with E-state index in [-0.39, 0.29) is 20.7 Å². The molecule has 0 bridgehead atoms. The summed E-state index contributed by atoms with van der Waals surface area (Å²) in [6, 6.07) is 13.9. The highest BCUT2D eigenvalue weighted by molar-refractivity contribution is 8.26. The van der Waals surface area contributed by atoms with E-state index in [1.807, 2.05) is 6.07 Å². The van der Waals surface area contributed by atoms with E-state index in [0.717, 1.165) is 16.7 Å². The Kier molecular flexibility index (Phi) is 5.34. The van der Waals surface area contributed by atoms with Crippen molar-refractivity contribution in [3.05, 3.63) is 75.6 Å². The average Bonchev–Trinajstić information content (AvgIpc) is 2.98. The van der Waals surface area contributed by atoms with E-state index in [9.17, 15) is 14.4 Å². The third-order valence-corrected chi connectivity index (χ3v) is 5.51. The maximum absolute atomic E-state index is 13.1. The molecule has 0 unspecified atom stereocenters. The number of hydrogen-bond acceptors (Lipinski definition) is 7. The van der Waals surface area contributed by atoms with E-state index < -0.39 is 24.0 Å². The van der Waals surface area contributed by atoms with Gasteiger partial charge in [-0.2, -0.15) is 4.98 Å². The number of carboxylic acid groups (broad SMARTS) is 1. The van der Waals surface area contributed by atoms with Gasteiger partial charge in [0.1, 0.15) is 27.8 Å². The van der Waals surface area contributed by atoms with E-state index in [4.69, 9.17) is 22.1 Å². The van der Waals surface area contributed by atoms with Gasteiger partial charge in [0.05, 0.1) is 4.91 Å². The van der Waals surface area contributed by atoms with Crippen LogP contribution >= 0.6 is 24.0 Å². The summed E-state index contributed by atoms with van der Waals surface area (Å²) in [6.45, 7) is -0.551. The zero-order valence-corrected chi connectivity index (χ0v) is 16.9. The fraction of sp³-hybridized carbons (Fsp3) is 0.0500. The van der Waals surface area contributed by atoms with Gasteiger partial charge in [-0.15, -0.1) is 0 Å². The number of thiocarbonyl (C=S) groups is 1. The van der Waals surface area contributed by atoms with Crippen LogP contribution in [0.25, 0.3) is 11.7 Å². The molecule has 1 N–H and O–H groups in total. The van der Waals surface area contributed by atoms with Crippen molar-refractivity contribution in [3.8, 4) is 11.6 Å². The van der Waals surface area contributed by atoms with Crippen LogP contribution in [0.15, 0.2) is 64.4 Å². The van der Waals surface area contributed by atoms with Gasteiger partial charge in [-0.05, 0) is 30.3 Å². The molecule has 0 aliphatic carbocycles. The Morgan fingerprint density at radius 3 is 2.63 bits per heavy atom. The molecule has 4 rings (SSSR count). The zero-order valence-electron chi connectivity index (χ0n) is 15.2. The largest absolute Gasteiger partial charge is 0.480 e. The number of pyridine rings is 1. The lowest BCUT2D eigenvalue weighted by molar-refractivity contribution is -0.140. The Morgan fingerprint density at radius 2 is 1.90 bits per heavy atom. The molecule has 1 aliphatic rings. The number of hydrogen-bond donors (Lipinski definition) is 1. The second-order valence-electron chi connectivity index (χ2n) is 6.14. The van der Waals surface area contributed by atoms with E-state index in [2.05, 4.69) is 4.98 Å². The minimum Gasteiger partial charge on any atom is -0.480 e. The van der Waals surface area contributed by atoms with Crippen LogP contribution in [0.1, 0.15) is 5.56 Å². The number of nitrogens with zero attached hydrogens (tertiary/aromatic N) is 3. The molecule has 1 aromatic carbocycles. The lowest BCUT2D eigenvalue weighted by Crippen LogP contribution is -2.33. The van der Waals surface area contributed by atoms with Gasteiger partial charge in [0.15, 0.2) is 0 Å². The number of aromatic nitrogens is 2. The quantitative estimate of drug-likeness (QED) is 0.478. The zero-order chi connectivity index (χ0) is 21.3. The third-order valence-electron chi connectivity index (χ3n) is 4.13. The Balaban J connectivity index is 1.84. The number of carboxylic acids is 1. The summed E-state index contributed by atoms with van der Waals surface area (Å²) in [7, 11) is 0. The third kappa shape index (κ3) is 3.82. The summed E-state index contributed by atoms with van der Waals surface area (Å²) >= 11 is 6.03. The maximum Gasteiger partial charge on any atom is 0.323 e. The molecule has 2 aromatic heterocycles. The summed E-state index contributed by atoms with van der Waals surface area (Å²) in [5.41, 5.74) is -0.00239. The monoisotopic (exact) mass is 439 g/mol. The van der Waals surface area contributed by atoms with Crippen LogP contribution in [-0.2, 0) is 9.59 Å². The first-order valence-corrected chi connectivity index (χ1v) is 9.88. The molecule has 0 saturated carbocycles. The van der Waals surface area contributed by atoms with Crippen molar-refractivity contribution in [2.75, 3.05) is 6.54 Å². The minimum atomic E-state index is -1.19. The number of benzene rings is 1. The van der Waals surface area contributed by atoms with Crippen molar-refractivity contribution in [2.45, 2.75) is 0 Å². The predicted octanol–water partition coefficient (Wildman–Crippen LogP) is 2.77. The molecule has 150 valence electrons. The number of carbonyl (C=O) groups excluding carboxylic acids is 1. The molecule has 1 aliphatic heterocycles. The smallest absolute Gasteiger partial charge is 0.323 e. The van der Waals surface area contributed by atoms with Gasteiger partial charge in [-0.25, -0.2) is 0 Å². The Bertz CT molecular complexity index is 1270. The predicted molar refractivity (Wildman–Crippen MR) is 115 cm³/mol. The first-order valence-electron chi connectivity index (χ1n) is 8.65. The van der Waals surface area contributed by atoms with Crippen LogP contribution < -0.4 is 10.3 Å². The molecule has 0 atom stereocenters. The topological polar surface area (TPSA) is 101 Å². The summed E-state index contributed by atoms with van der Waals surface area (Å²) < 4.78 is 7.27. The average molecular weight is 439 g/mol. The summed E-state index contributed by atoms with van der Waals surface area (Å²) in [5, 5.41) is 8.99. The molecule has 10 heteroatoms. The van der Waals surface area contributed by atoms with E-state index >= 15 is 0 Å². The lowest BCUT2D eigenvalue weighted by Gasteiger charge is -2.11. The van der Waals surface area contributed by atoms with Gasteiger partial charge in [0, 0.05) is 6.20 Å². The summed E-state index contributed by atoms with van der Waals surface area (Å²) in [5.74, 6) is -1.28. The van der Waals surface area contributed by atoms with E-state index in [0.29, 0.717) is 11.4 Å². The number of aliphatic carboxylic acids is 1. The number of fused-ring (bicyclic) bond motifs is 1. The number of amides is 1. The van der Waals surface area contributed by atoms with Crippen molar-refractivity contribution < 1.29 is 19.4 Å². The highest BCUT2D eigenvalue weighted by Crippen LogP contribution is 2.33.